The normalized spacial score (nSPS) is 15.5. The van der Waals surface area contributed by atoms with Gasteiger partial charge in [-0.3, -0.25) is 0 Å². The van der Waals surface area contributed by atoms with Gasteiger partial charge in [0.25, 0.3) is 0 Å². The van der Waals surface area contributed by atoms with Gasteiger partial charge in [0.05, 0.1) is 5.52 Å². The maximum atomic E-state index is 5.93. The van der Waals surface area contributed by atoms with Gasteiger partial charge < -0.3 is 10.2 Å². The smallest absolute Gasteiger partial charge is 0.129 e. The quantitative estimate of drug-likeness (QED) is 0.407. The Morgan fingerprint density at radius 3 is 2.44 bits per heavy atom. The Labute approximate surface area is 199 Å². The van der Waals surface area contributed by atoms with Gasteiger partial charge >= 0.3 is 0 Å². The molecule has 0 radical (unpaired) electrons. The van der Waals surface area contributed by atoms with Crippen molar-refractivity contribution in [3.05, 3.63) is 83.4 Å². The van der Waals surface area contributed by atoms with Gasteiger partial charge in [-0.25, -0.2) is 4.98 Å². The Morgan fingerprint density at radius 1 is 1.06 bits per heavy atom. The van der Waals surface area contributed by atoms with E-state index < -0.39 is 0 Å². The van der Waals surface area contributed by atoms with E-state index in [1.807, 2.05) is 39.0 Å². The van der Waals surface area contributed by atoms with Crippen molar-refractivity contribution in [3.8, 4) is 0 Å². The second-order valence-electron chi connectivity index (χ2n) is 8.07. The molecule has 32 heavy (non-hydrogen) atoms. The van der Waals surface area contributed by atoms with Crippen LogP contribution in [-0.4, -0.2) is 24.1 Å². The number of anilines is 1. The molecule has 1 fully saturated rings. The summed E-state index contributed by atoms with van der Waals surface area (Å²) in [5, 5.41) is 5.62. The highest BCUT2D eigenvalue weighted by atomic mass is 35.5. The minimum Gasteiger partial charge on any atom is -0.355 e. The van der Waals surface area contributed by atoms with Crippen LogP contribution in [0.15, 0.2) is 72.8 Å². The molecule has 1 saturated heterocycles. The van der Waals surface area contributed by atoms with E-state index in [0.717, 1.165) is 48.3 Å². The molecule has 1 unspecified atom stereocenters. The minimum absolute atomic E-state index is 0.494. The molecule has 2 aromatic carbocycles. The molecule has 0 spiro atoms. The van der Waals surface area contributed by atoms with Gasteiger partial charge in [0.2, 0.25) is 0 Å². The van der Waals surface area contributed by atoms with Gasteiger partial charge in [0, 0.05) is 36.1 Å². The lowest BCUT2D eigenvalue weighted by Gasteiger charge is -2.18. The molecular formula is C28H38ClN3. The molecule has 0 bridgehead atoms. The van der Waals surface area contributed by atoms with Crippen LogP contribution in [0.4, 0.5) is 5.82 Å². The third kappa shape index (κ3) is 8.29. The number of hydrogen-bond acceptors (Lipinski definition) is 3. The molecule has 0 aliphatic carbocycles. The molecule has 1 N–H and O–H groups in total. The summed E-state index contributed by atoms with van der Waals surface area (Å²) in [6, 6.07) is 21.1. The van der Waals surface area contributed by atoms with Crippen molar-refractivity contribution in [2.75, 3.05) is 18.0 Å². The van der Waals surface area contributed by atoms with Crippen molar-refractivity contribution < 1.29 is 0 Å². The van der Waals surface area contributed by atoms with E-state index in [1.165, 1.54) is 10.9 Å². The first-order valence-electron chi connectivity index (χ1n) is 11.8. The number of para-hydroxylation sites is 1. The average Bonchev–Trinajstić information content (AvgIpc) is 3.29. The lowest BCUT2D eigenvalue weighted by molar-refractivity contribution is 0.551. The Bertz CT molecular complexity index is 950. The van der Waals surface area contributed by atoms with Crippen molar-refractivity contribution in [1.29, 1.82) is 0 Å². The summed E-state index contributed by atoms with van der Waals surface area (Å²) >= 11 is 5.93. The molecule has 0 amide bonds. The van der Waals surface area contributed by atoms with Crippen molar-refractivity contribution in [2.45, 2.75) is 53.6 Å². The molecule has 2 heterocycles. The third-order valence-electron chi connectivity index (χ3n) is 5.18. The zero-order chi connectivity index (χ0) is 23.3. The van der Waals surface area contributed by atoms with Gasteiger partial charge in [-0.05, 0) is 55.2 Å². The van der Waals surface area contributed by atoms with Crippen LogP contribution in [0.25, 0.3) is 10.9 Å². The number of allylic oxidation sites excluding steroid dienone is 2. The van der Waals surface area contributed by atoms with E-state index in [0.29, 0.717) is 6.04 Å². The maximum Gasteiger partial charge on any atom is 0.129 e. The summed E-state index contributed by atoms with van der Waals surface area (Å²) in [4.78, 5) is 7.17. The fraction of sp³-hybridized carbons (Fsp3) is 0.393. The first kappa shape index (κ1) is 25.9. The molecule has 0 saturated carbocycles. The van der Waals surface area contributed by atoms with Crippen LogP contribution in [0.1, 0.15) is 46.6 Å². The van der Waals surface area contributed by atoms with Gasteiger partial charge in [0.1, 0.15) is 5.82 Å². The topological polar surface area (TPSA) is 28.2 Å². The monoisotopic (exact) mass is 451 g/mol. The number of nitrogens with one attached hydrogen (secondary N) is 1. The van der Waals surface area contributed by atoms with Crippen LogP contribution in [-0.2, 0) is 6.54 Å². The van der Waals surface area contributed by atoms with E-state index in [1.54, 1.807) is 0 Å². The van der Waals surface area contributed by atoms with Crippen LogP contribution in [0.2, 0.25) is 5.02 Å². The lowest BCUT2D eigenvalue weighted by atomic mass is 10.2. The number of fused-ring (bicyclic) bond motifs is 1. The Morgan fingerprint density at radius 2 is 1.78 bits per heavy atom. The number of halogens is 1. The first-order valence-corrected chi connectivity index (χ1v) is 12.1. The number of nitrogens with zero attached hydrogens (tertiary/aromatic N) is 2. The van der Waals surface area contributed by atoms with Crippen LogP contribution in [0.3, 0.4) is 0 Å². The number of aromatic nitrogens is 1. The van der Waals surface area contributed by atoms with Crippen LogP contribution >= 0.6 is 11.6 Å². The largest absolute Gasteiger partial charge is 0.355 e. The summed E-state index contributed by atoms with van der Waals surface area (Å²) < 4.78 is 0. The van der Waals surface area contributed by atoms with E-state index in [9.17, 15) is 0 Å². The second-order valence-corrected chi connectivity index (χ2v) is 8.51. The van der Waals surface area contributed by atoms with Crippen LogP contribution in [0.5, 0.6) is 0 Å². The Hall–Kier alpha value is -2.36. The van der Waals surface area contributed by atoms with Crippen molar-refractivity contribution >= 4 is 28.3 Å². The number of hydrogen-bond donors (Lipinski definition) is 1. The number of benzene rings is 2. The molecule has 4 rings (SSSR count). The summed E-state index contributed by atoms with van der Waals surface area (Å²) in [6.45, 7) is 13.3. The zero-order valence-corrected chi connectivity index (χ0v) is 20.9. The highest BCUT2D eigenvalue weighted by Gasteiger charge is 2.23. The van der Waals surface area contributed by atoms with Gasteiger partial charge in [-0.2, -0.15) is 0 Å². The minimum atomic E-state index is 0.494. The predicted molar refractivity (Wildman–Crippen MR) is 142 cm³/mol. The summed E-state index contributed by atoms with van der Waals surface area (Å²) in [7, 11) is 0. The fourth-order valence-corrected chi connectivity index (χ4v) is 3.74. The van der Waals surface area contributed by atoms with E-state index >= 15 is 0 Å². The van der Waals surface area contributed by atoms with E-state index in [2.05, 4.69) is 78.7 Å². The Balaban J connectivity index is 0.000000396. The maximum absolute atomic E-state index is 5.93. The Kier molecular flexibility index (Phi) is 11.3. The molecule has 1 atom stereocenters. The summed E-state index contributed by atoms with van der Waals surface area (Å²) in [6.07, 6.45) is 5.38. The molecule has 3 nitrogen and oxygen atoms in total. The third-order valence-corrected chi connectivity index (χ3v) is 5.43. The van der Waals surface area contributed by atoms with E-state index in [4.69, 9.17) is 16.6 Å². The highest BCUT2D eigenvalue weighted by Crippen LogP contribution is 2.22. The number of rotatable bonds is 5. The van der Waals surface area contributed by atoms with E-state index in [-0.39, 0.29) is 0 Å². The average molecular weight is 452 g/mol. The zero-order valence-electron chi connectivity index (χ0n) is 20.2. The molecule has 3 aromatic rings. The lowest BCUT2D eigenvalue weighted by Crippen LogP contribution is -2.32. The van der Waals surface area contributed by atoms with Gasteiger partial charge in [-0.15, -0.1) is 0 Å². The predicted octanol–water partition coefficient (Wildman–Crippen LogP) is 7.50. The SMILES string of the molecule is C/C=C\C(C)C.CC.Clc1ccc(CNC2CCN(c3ccc4ccccc4n3)C2)cc1. The van der Waals surface area contributed by atoms with Gasteiger partial charge in [0.15, 0.2) is 0 Å². The molecular weight excluding hydrogens is 414 g/mol. The second kappa shape index (κ2) is 13.9. The summed E-state index contributed by atoms with van der Waals surface area (Å²) in [5.74, 6) is 1.79. The summed E-state index contributed by atoms with van der Waals surface area (Å²) in [5.41, 5.74) is 2.33. The molecule has 1 aromatic heterocycles. The number of pyridine rings is 1. The highest BCUT2D eigenvalue weighted by molar-refractivity contribution is 6.30. The first-order chi connectivity index (χ1) is 15.5. The molecule has 172 valence electrons. The molecule has 1 aliphatic heterocycles. The van der Waals surface area contributed by atoms with Crippen LogP contribution < -0.4 is 10.2 Å². The van der Waals surface area contributed by atoms with Crippen LogP contribution in [0, 0.1) is 5.92 Å². The fourth-order valence-electron chi connectivity index (χ4n) is 3.62. The van der Waals surface area contributed by atoms with Gasteiger partial charge in [-0.1, -0.05) is 81.8 Å². The van der Waals surface area contributed by atoms with Crippen molar-refractivity contribution in [1.82, 2.24) is 10.3 Å². The molecule has 1 aliphatic rings. The molecule has 4 heteroatoms. The van der Waals surface area contributed by atoms with Crippen molar-refractivity contribution in [2.24, 2.45) is 5.92 Å². The standard InChI is InChI=1S/C20H20ClN3.C6H12.C2H6/c21-17-8-5-15(6-9-17)13-22-18-11-12-24(14-18)20-10-7-16-3-1-2-4-19(16)23-20;1-4-5-6(2)3;1-2/h1-10,18,22H,11-14H2;4-6H,1-3H3;1-2H3/b;5-4-;. The van der Waals surface area contributed by atoms with Crippen molar-refractivity contribution in [3.63, 3.8) is 0 Å².